The van der Waals surface area contributed by atoms with Crippen molar-refractivity contribution in [2.75, 3.05) is 13.2 Å². The number of hydrogen-bond acceptors (Lipinski definition) is 3. The van der Waals surface area contributed by atoms with Crippen LogP contribution in [0, 0.1) is 3.57 Å². The van der Waals surface area contributed by atoms with Gasteiger partial charge in [-0.25, -0.2) is 0 Å². The summed E-state index contributed by atoms with van der Waals surface area (Å²) < 4.78 is 6.80. The number of carbonyl (C=O) groups is 2. The standard InChI is InChI=1S/C24H29IN2O3/c1-18(24(29)26-21-9-5-6-10-21)27(16-15-19-7-3-2-4-8-19)23(28)17-30-22-13-11-20(25)12-14-22/h2-4,7-8,11-14,18,21H,5-6,9-10,15-17H2,1H3,(H,26,29). The molecule has 0 saturated heterocycles. The van der Waals surface area contributed by atoms with E-state index in [1.54, 1.807) is 11.8 Å². The third-order valence-corrected chi connectivity index (χ3v) is 6.25. The van der Waals surface area contributed by atoms with E-state index in [9.17, 15) is 9.59 Å². The second kappa shape index (κ2) is 11.3. The highest BCUT2D eigenvalue weighted by Crippen LogP contribution is 2.18. The van der Waals surface area contributed by atoms with Crippen LogP contribution in [0.5, 0.6) is 5.75 Å². The van der Waals surface area contributed by atoms with Crippen molar-refractivity contribution in [2.24, 2.45) is 0 Å². The van der Waals surface area contributed by atoms with Crippen molar-refractivity contribution in [2.45, 2.75) is 51.1 Å². The summed E-state index contributed by atoms with van der Waals surface area (Å²) in [6.07, 6.45) is 5.04. The molecule has 30 heavy (non-hydrogen) atoms. The minimum atomic E-state index is -0.540. The van der Waals surface area contributed by atoms with Gasteiger partial charge in [0.15, 0.2) is 6.61 Å². The van der Waals surface area contributed by atoms with Gasteiger partial charge in [-0.3, -0.25) is 9.59 Å². The number of nitrogens with one attached hydrogen (secondary N) is 1. The molecule has 0 aliphatic heterocycles. The van der Waals surface area contributed by atoms with Gasteiger partial charge in [-0.1, -0.05) is 43.2 Å². The highest BCUT2D eigenvalue weighted by Gasteiger charge is 2.28. The number of nitrogens with zero attached hydrogens (tertiary/aromatic N) is 1. The summed E-state index contributed by atoms with van der Waals surface area (Å²) in [6, 6.07) is 17.3. The van der Waals surface area contributed by atoms with E-state index in [4.69, 9.17) is 4.74 Å². The Bertz CT molecular complexity index is 820. The molecule has 0 spiro atoms. The molecule has 160 valence electrons. The second-order valence-corrected chi connectivity index (χ2v) is 8.98. The molecule has 1 atom stereocenters. The van der Waals surface area contributed by atoms with Crippen molar-refractivity contribution in [3.8, 4) is 5.75 Å². The predicted octanol–water partition coefficient (Wildman–Crippen LogP) is 4.19. The summed E-state index contributed by atoms with van der Waals surface area (Å²) in [5.41, 5.74) is 1.14. The lowest BCUT2D eigenvalue weighted by atomic mass is 10.1. The SMILES string of the molecule is CC(C(=O)NC1CCCC1)N(CCc1ccccc1)C(=O)COc1ccc(I)cc1. The molecule has 0 bridgehead atoms. The molecule has 2 aromatic rings. The lowest BCUT2D eigenvalue weighted by molar-refractivity contribution is -0.141. The molecule has 5 nitrogen and oxygen atoms in total. The first-order valence-electron chi connectivity index (χ1n) is 10.5. The number of ether oxygens (including phenoxy) is 1. The van der Waals surface area contributed by atoms with Crippen LogP contribution in [0.2, 0.25) is 0 Å². The highest BCUT2D eigenvalue weighted by molar-refractivity contribution is 14.1. The Hall–Kier alpha value is -2.09. The van der Waals surface area contributed by atoms with Gasteiger partial charge in [0.2, 0.25) is 5.91 Å². The molecule has 0 radical (unpaired) electrons. The van der Waals surface area contributed by atoms with Crippen molar-refractivity contribution in [3.63, 3.8) is 0 Å². The normalized spacial score (nSPS) is 14.9. The van der Waals surface area contributed by atoms with Crippen LogP contribution in [-0.2, 0) is 16.0 Å². The van der Waals surface area contributed by atoms with Gasteiger partial charge in [-0.05, 0) is 78.6 Å². The minimum Gasteiger partial charge on any atom is -0.484 e. The van der Waals surface area contributed by atoms with Crippen molar-refractivity contribution < 1.29 is 14.3 Å². The molecule has 1 unspecified atom stereocenters. The van der Waals surface area contributed by atoms with Gasteiger partial charge in [0.05, 0.1) is 0 Å². The average molecular weight is 520 g/mol. The summed E-state index contributed by atoms with van der Waals surface area (Å²) in [6.45, 7) is 2.19. The van der Waals surface area contributed by atoms with Gasteiger partial charge in [-0.2, -0.15) is 0 Å². The Balaban J connectivity index is 1.64. The third-order valence-electron chi connectivity index (χ3n) is 5.53. The van der Waals surface area contributed by atoms with Gasteiger partial charge in [0, 0.05) is 16.2 Å². The Morgan fingerprint density at radius 1 is 1.10 bits per heavy atom. The van der Waals surface area contributed by atoms with E-state index in [0.29, 0.717) is 18.7 Å². The minimum absolute atomic E-state index is 0.0856. The Morgan fingerprint density at radius 3 is 2.43 bits per heavy atom. The fraction of sp³-hybridized carbons (Fsp3) is 0.417. The smallest absolute Gasteiger partial charge is 0.261 e. The molecular weight excluding hydrogens is 491 g/mol. The van der Waals surface area contributed by atoms with E-state index in [0.717, 1.165) is 34.8 Å². The second-order valence-electron chi connectivity index (χ2n) is 7.73. The van der Waals surface area contributed by atoms with Crippen molar-refractivity contribution in [1.29, 1.82) is 0 Å². The maximum Gasteiger partial charge on any atom is 0.261 e. The zero-order chi connectivity index (χ0) is 21.3. The number of halogens is 1. The molecule has 1 saturated carbocycles. The van der Waals surface area contributed by atoms with Crippen molar-refractivity contribution >= 4 is 34.4 Å². The van der Waals surface area contributed by atoms with E-state index >= 15 is 0 Å². The van der Waals surface area contributed by atoms with E-state index < -0.39 is 6.04 Å². The van der Waals surface area contributed by atoms with Crippen LogP contribution in [0.1, 0.15) is 38.2 Å². The van der Waals surface area contributed by atoms with Gasteiger partial charge in [-0.15, -0.1) is 0 Å². The molecule has 0 heterocycles. The summed E-state index contributed by atoms with van der Waals surface area (Å²) in [4.78, 5) is 27.5. The topological polar surface area (TPSA) is 58.6 Å². The monoisotopic (exact) mass is 520 g/mol. The molecule has 3 rings (SSSR count). The Kier molecular flexibility index (Phi) is 8.54. The lowest BCUT2D eigenvalue weighted by Crippen LogP contribution is -2.51. The van der Waals surface area contributed by atoms with Crippen LogP contribution in [0.4, 0.5) is 0 Å². The summed E-state index contributed by atoms with van der Waals surface area (Å²) in [5, 5.41) is 3.12. The zero-order valence-corrected chi connectivity index (χ0v) is 19.5. The maximum atomic E-state index is 13.0. The maximum absolute atomic E-state index is 13.0. The zero-order valence-electron chi connectivity index (χ0n) is 17.4. The van der Waals surface area contributed by atoms with Gasteiger partial charge in [0.1, 0.15) is 11.8 Å². The summed E-state index contributed by atoms with van der Waals surface area (Å²) >= 11 is 2.23. The first kappa shape index (κ1) is 22.6. The first-order chi connectivity index (χ1) is 14.5. The van der Waals surface area contributed by atoms with E-state index in [-0.39, 0.29) is 24.5 Å². The molecule has 0 aromatic heterocycles. The van der Waals surface area contributed by atoms with Crippen LogP contribution < -0.4 is 10.1 Å². The number of rotatable bonds is 9. The molecule has 2 amide bonds. The summed E-state index contributed by atoms with van der Waals surface area (Å²) in [7, 11) is 0. The summed E-state index contributed by atoms with van der Waals surface area (Å²) in [5.74, 6) is 0.381. The molecule has 1 aliphatic carbocycles. The lowest BCUT2D eigenvalue weighted by Gasteiger charge is -2.29. The van der Waals surface area contributed by atoms with Gasteiger partial charge >= 0.3 is 0 Å². The van der Waals surface area contributed by atoms with Crippen LogP contribution in [0.3, 0.4) is 0 Å². The van der Waals surface area contributed by atoms with Crippen LogP contribution in [-0.4, -0.2) is 41.9 Å². The number of carbonyl (C=O) groups excluding carboxylic acids is 2. The van der Waals surface area contributed by atoms with E-state index in [1.807, 2.05) is 54.6 Å². The molecule has 1 fully saturated rings. The predicted molar refractivity (Wildman–Crippen MR) is 126 cm³/mol. The number of benzene rings is 2. The quantitative estimate of drug-likeness (QED) is 0.505. The molecule has 6 heteroatoms. The average Bonchev–Trinajstić information content (AvgIpc) is 3.27. The number of hydrogen-bond donors (Lipinski definition) is 1. The highest BCUT2D eigenvalue weighted by atomic mass is 127. The number of amides is 2. The van der Waals surface area contributed by atoms with E-state index in [2.05, 4.69) is 27.9 Å². The van der Waals surface area contributed by atoms with E-state index in [1.165, 1.54) is 0 Å². The van der Waals surface area contributed by atoms with Gasteiger partial charge in [0.25, 0.3) is 5.91 Å². The fourth-order valence-electron chi connectivity index (χ4n) is 3.72. The van der Waals surface area contributed by atoms with Crippen molar-refractivity contribution in [3.05, 3.63) is 63.7 Å². The Morgan fingerprint density at radius 2 is 1.77 bits per heavy atom. The molecule has 2 aromatic carbocycles. The Labute approximate surface area is 192 Å². The molecule has 1 aliphatic rings. The van der Waals surface area contributed by atoms with Crippen LogP contribution >= 0.6 is 22.6 Å². The van der Waals surface area contributed by atoms with Crippen LogP contribution in [0.25, 0.3) is 0 Å². The largest absolute Gasteiger partial charge is 0.484 e. The van der Waals surface area contributed by atoms with Gasteiger partial charge < -0.3 is 15.0 Å². The first-order valence-corrected chi connectivity index (χ1v) is 11.6. The van der Waals surface area contributed by atoms with Crippen LogP contribution in [0.15, 0.2) is 54.6 Å². The molecule has 1 N–H and O–H groups in total. The van der Waals surface area contributed by atoms with Crippen molar-refractivity contribution in [1.82, 2.24) is 10.2 Å². The molecular formula is C24H29IN2O3. The fourth-order valence-corrected chi connectivity index (χ4v) is 4.08. The third kappa shape index (κ3) is 6.72.